The highest BCUT2D eigenvalue weighted by atomic mass is 32.1. The number of fused-ring (bicyclic) bond motifs is 2. The second-order valence-electron chi connectivity index (χ2n) is 8.54. The predicted octanol–water partition coefficient (Wildman–Crippen LogP) is 5.05. The predicted molar refractivity (Wildman–Crippen MR) is 132 cm³/mol. The van der Waals surface area contributed by atoms with E-state index in [1.165, 1.54) is 16.0 Å². The molecule has 159 valence electrons. The minimum Gasteiger partial charge on any atom is -0.361 e. The average molecular weight is 439 g/mol. The Kier molecular flexibility index (Phi) is 4.98. The van der Waals surface area contributed by atoms with Crippen LogP contribution in [-0.2, 0) is 6.54 Å². The third-order valence-corrected chi connectivity index (χ3v) is 7.33. The molecule has 0 atom stereocenters. The van der Waals surface area contributed by atoms with Gasteiger partial charge < -0.3 is 9.88 Å². The highest BCUT2D eigenvalue weighted by Crippen LogP contribution is 2.33. The summed E-state index contributed by atoms with van der Waals surface area (Å²) in [6, 6.07) is 19.4. The molecule has 1 aliphatic heterocycles. The van der Waals surface area contributed by atoms with E-state index in [0.29, 0.717) is 5.82 Å². The van der Waals surface area contributed by atoms with Gasteiger partial charge in [-0.2, -0.15) is 0 Å². The summed E-state index contributed by atoms with van der Waals surface area (Å²) in [7, 11) is 2.20. The van der Waals surface area contributed by atoms with Crippen molar-refractivity contribution in [1.82, 2.24) is 24.8 Å². The van der Waals surface area contributed by atoms with Gasteiger partial charge in [0.25, 0.3) is 0 Å². The van der Waals surface area contributed by atoms with Gasteiger partial charge in [-0.05, 0) is 48.5 Å². The van der Waals surface area contributed by atoms with Gasteiger partial charge >= 0.3 is 0 Å². The Bertz CT molecular complexity index is 1380. The van der Waals surface area contributed by atoms with Gasteiger partial charge in [0.2, 0.25) is 0 Å². The van der Waals surface area contributed by atoms with Crippen LogP contribution in [0.3, 0.4) is 0 Å². The Labute approximate surface area is 191 Å². The number of hydrogen-bond acceptors (Lipinski definition) is 5. The Morgan fingerprint density at radius 1 is 0.969 bits per heavy atom. The molecule has 1 aliphatic rings. The Hall–Kier alpha value is -3.06. The molecule has 0 spiro atoms. The number of rotatable bonds is 4. The smallest absolute Gasteiger partial charge is 0.160 e. The standard InChI is InChI=1S/C26H24N5S/c1-30-10-12-31(13-11-30)17-18-2-4-19(5-3-18)24-15-23-25(32-24)16-28-26(29-23)21-6-7-22-20(14-21)8-9-27-22/h2-9,14-15,27H,10-13,17H2,1H3. The number of nitrogens with zero attached hydrogens (tertiary/aromatic N) is 4. The summed E-state index contributed by atoms with van der Waals surface area (Å²) in [5.74, 6) is 0.715. The van der Waals surface area contributed by atoms with E-state index in [4.69, 9.17) is 4.98 Å². The van der Waals surface area contributed by atoms with Crippen molar-refractivity contribution in [3.8, 4) is 21.8 Å². The summed E-state index contributed by atoms with van der Waals surface area (Å²) in [4.78, 5) is 18.7. The van der Waals surface area contributed by atoms with E-state index in [1.807, 2.05) is 6.20 Å². The zero-order valence-electron chi connectivity index (χ0n) is 18.0. The van der Waals surface area contributed by atoms with E-state index in [9.17, 15) is 0 Å². The lowest BCUT2D eigenvalue weighted by Crippen LogP contribution is -2.43. The third-order valence-electron chi connectivity index (χ3n) is 6.25. The van der Waals surface area contributed by atoms with E-state index in [-0.39, 0.29) is 0 Å². The highest BCUT2D eigenvalue weighted by molar-refractivity contribution is 7.22. The molecule has 1 fully saturated rings. The van der Waals surface area contributed by atoms with Crippen molar-refractivity contribution in [1.29, 1.82) is 0 Å². The lowest BCUT2D eigenvalue weighted by Gasteiger charge is -2.32. The summed E-state index contributed by atoms with van der Waals surface area (Å²) in [5, 5.41) is 1.16. The molecular formula is C26H24N5S. The fourth-order valence-corrected chi connectivity index (χ4v) is 5.23. The zero-order valence-corrected chi connectivity index (χ0v) is 18.8. The number of nitrogens with one attached hydrogen (secondary N) is 1. The topological polar surface area (TPSA) is 48.0 Å². The van der Waals surface area contributed by atoms with Crippen molar-refractivity contribution in [2.24, 2.45) is 0 Å². The highest BCUT2D eigenvalue weighted by Gasteiger charge is 2.14. The molecule has 0 aliphatic carbocycles. The molecule has 32 heavy (non-hydrogen) atoms. The van der Waals surface area contributed by atoms with Crippen molar-refractivity contribution >= 4 is 32.5 Å². The molecule has 5 nitrogen and oxygen atoms in total. The number of piperazine rings is 1. The van der Waals surface area contributed by atoms with Crippen LogP contribution in [0.15, 0.2) is 60.8 Å². The maximum atomic E-state index is 4.83. The van der Waals surface area contributed by atoms with Crippen molar-refractivity contribution in [3.63, 3.8) is 0 Å². The third kappa shape index (κ3) is 3.81. The normalized spacial score (nSPS) is 15.7. The van der Waals surface area contributed by atoms with Gasteiger partial charge in [-0.1, -0.05) is 24.3 Å². The van der Waals surface area contributed by atoms with Crippen LogP contribution in [0.25, 0.3) is 42.9 Å². The SMILES string of the molecule is CN1CCN(Cc2ccc(-c3cc4nc(-c5ccc6[nH]ccc6c5)n[c]c4s3)cc2)CC1. The first-order valence-corrected chi connectivity index (χ1v) is 11.8. The summed E-state index contributed by atoms with van der Waals surface area (Å²) < 4.78 is 0.994. The maximum Gasteiger partial charge on any atom is 0.160 e. The van der Waals surface area contributed by atoms with E-state index in [1.54, 1.807) is 11.3 Å². The minimum atomic E-state index is 0.715. The van der Waals surface area contributed by atoms with E-state index >= 15 is 0 Å². The first kappa shape index (κ1) is 19.6. The van der Waals surface area contributed by atoms with Crippen molar-refractivity contribution in [3.05, 3.63) is 72.6 Å². The summed E-state index contributed by atoms with van der Waals surface area (Å²) in [6.45, 7) is 5.61. The molecule has 0 unspecified atom stereocenters. The largest absolute Gasteiger partial charge is 0.361 e. The Balaban J connectivity index is 1.23. The molecule has 5 aromatic rings. The van der Waals surface area contributed by atoms with Gasteiger partial charge in [-0.15, -0.1) is 11.3 Å². The fraction of sp³-hybridized carbons (Fsp3) is 0.231. The summed E-state index contributed by atoms with van der Waals surface area (Å²) in [5.41, 5.74) is 5.67. The second-order valence-corrected chi connectivity index (χ2v) is 9.59. The van der Waals surface area contributed by atoms with Crippen LogP contribution in [0.2, 0.25) is 0 Å². The minimum absolute atomic E-state index is 0.715. The molecule has 2 aromatic carbocycles. The van der Waals surface area contributed by atoms with Gasteiger partial charge in [0.05, 0.1) is 10.2 Å². The van der Waals surface area contributed by atoms with Gasteiger partial charge in [-0.25, -0.2) is 9.97 Å². The molecule has 4 heterocycles. The number of benzene rings is 2. The monoisotopic (exact) mass is 438 g/mol. The van der Waals surface area contributed by atoms with Crippen LogP contribution in [0, 0.1) is 6.20 Å². The molecular weight excluding hydrogens is 414 g/mol. The van der Waals surface area contributed by atoms with Gasteiger partial charge in [0, 0.05) is 60.3 Å². The van der Waals surface area contributed by atoms with Crippen molar-refractivity contribution in [2.75, 3.05) is 33.2 Å². The van der Waals surface area contributed by atoms with E-state index in [0.717, 1.165) is 59.4 Å². The summed E-state index contributed by atoms with van der Waals surface area (Å²) >= 11 is 1.70. The second kappa shape index (κ2) is 8.13. The molecule has 1 radical (unpaired) electrons. The summed E-state index contributed by atoms with van der Waals surface area (Å²) in [6.07, 6.45) is 5.16. The van der Waals surface area contributed by atoms with Crippen molar-refractivity contribution in [2.45, 2.75) is 6.54 Å². The molecule has 0 saturated carbocycles. The average Bonchev–Trinajstić information content (AvgIpc) is 3.47. The van der Waals surface area contributed by atoms with Crippen molar-refractivity contribution < 1.29 is 0 Å². The zero-order chi connectivity index (χ0) is 21.5. The van der Waals surface area contributed by atoms with Crippen LogP contribution in [-0.4, -0.2) is 58.0 Å². The molecule has 3 aromatic heterocycles. The number of aromatic nitrogens is 3. The van der Waals surface area contributed by atoms with Gasteiger partial charge in [-0.3, -0.25) is 4.90 Å². The first-order chi connectivity index (χ1) is 15.7. The molecule has 6 heteroatoms. The van der Waals surface area contributed by atoms with Gasteiger partial charge in [0.15, 0.2) is 5.82 Å². The molecule has 1 saturated heterocycles. The number of hydrogen-bond donors (Lipinski definition) is 1. The van der Waals surface area contributed by atoms with Crippen LogP contribution < -0.4 is 0 Å². The molecule has 6 rings (SSSR count). The Morgan fingerprint density at radius 3 is 2.62 bits per heavy atom. The van der Waals surface area contributed by atoms with E-state index in [2.05, 4.69) is 87.6 Å². The lowest BCUT2D eigenvalue weighted by atomic mass is 10.1. The van der Waals surface area contributed by atoms with Crippen LogP contribution in [0.4, 0.5) is 0 Å². The number of likely N-dealkylation sites (N-methyl/N-ethyl adjacent to an activating group) is 1. The molecule has 0 bridgehead atoms. The molecule has 1 N–H and O–H groups in total. The Morgan fingerprint density at radius 2 is 1.78 bits per heavy atom. The quantitative estimate of drug-likeness (QED) is 0.426. The number of thiophene rings is 1. The first-order valence-electron chi connectivity index (χ1n) is 11.0. The number of H-pyrrole nitrogens is 1. The van der Waals surface area contributed by atoms with Crippen LogP contribution >= 0.6 is 11.3 Å². The lowest BCUT2D eigenvalue weighted by molar-refractivity contribution is 0.148. The molecule has 0 amide bonds. The van der Waals surface area contributed by atoms with E-state index < -0.39 is 0 Å². The maximum absolute atomic E-state index is 4.83. The van der Waals surface area contributed by atoms with Crippen LogP contribution in [0.5, 0.6) is 0 Å². The number of aromatic amines is 1. The van der Waals surface area contributed by atoms with Gasteiger partial charge in [0.1, 0.15) is 6.20 Å². The van der Waals surface area contributed by atoms with Crippen LogP contribution in [0.1, 0.15) is 5.56 Å². The fourth-order valence-electron chi connectivity index (χ4n) is 4.29.